The second-order valence-electron chi connectivity index (χ2n) is 14.3. The van der Waals surface area contributed by atoms with Crippen LogP contribution in [0.1, 0.15) is 136 Å². The van der Waals surface area contributed by atoms with Crippen molar-refractivity contribution in [1.29, 1.82) is 0 Å². The predicted octanol–water partition coefficient (Wildman–Crippen LogP) is 11.5. The Balaban J connectivity index is 4.30. The Bertz CT molecular complexity index is 1060. The van der Waals surface area contributed by atoms with Crippen LogP contribution in [0, 0.1) is 0 Å². The van der Waals surface area contributed by atoms with Crippen LogP contribution in [0.25, 0.3) is 0 Å². The molecule has 0 bridgehead atoms. The first-order valence-corrected chi connectivity index (χ1v) is 21.7. The molecule has 2 atom stereocenters. The van der Waals surface area contributed by atoms with Gasteiger partial charge in [-0.3, -0.25) is 13.8 Å². The molecular formula is C43H77NO7P+. The number of allylic oxidation sites excluding steroid dienone is 12. The van der Waals surface area contributed by atoms with Gasteiger partial charge in [0, 0.05) is 13.0 Å². The highest BCUT2D eigenvalue weighted by Crippen LogP contribution is 2.43. The van der Waals surface area contributed by atoms with Crippen LogP contribution >= 0.6 is 7.82 Å². The zero-order chi connectivity index (χ0) is 38.4. The molecule has 0 rings (SSSR count). The number of likely N-dealkylation sites (N-methyl/N-ethyl adjacent to an activating group) is 1. The van der Waals surface area contributed by atoms with Gasteiger partial charge in [-0.05, 0) is 77.0 Å². The third-order valence-electron chi connectivity index (χ3n) is 7.98. The summed E-state index contributed by atoms with van der Waals surface area (Å²) < 4.78 is 34.8. The lowest BCUT2D eigenvalue weighted by atomic mass is 10.1. The number of esters is 1. The fourth-order valence-corrected chi connectivity index (χ4v) is 5.61. The van der Waals surface area contributed by atoms with Crippen molar-refractivity contribution >= 4 is 13.8 Å². The van der Waals surface area contributed by atoms with Crippen molar-refractivity contribution in [3.63, 3.8) is 0 Å². The number of quaternary nitrogens is 1. The SMILES string of the molecule is CC/C=C\C/C=C\C/C=C\C/C=C\C/C=C\CCCCCCOCC(COP(=O)(O)OCC[N+](C)(C)C)OC(=O)CCCCCCC/C=C\CCC. The zero-order valence-electron chi connectivity index (χ0n) is 33.8. The Morgan fingerprint density at radius 1 is 0.615 bits per heavy atom. The predicted molar refractivity (Wildman–Crippen MR) is 219 cm³/mol. The summed E-state index contributed by atoms with van der Waals surface area (Å²) in [6.45, 7) is 5.34. The molecule has 1 N–H and O–H groups in total. The molecule has 0 aliphatic rings. The highest BCUT2D eigenvalue weighted by molar-refractivity contribution is 7.47. The van der Waals surface area contributed by atoms with Crippen molar-refractivity contribution in [2.24, 2.45) is 0 Å². The van der Waals surface area contributed by atoms with Gasteiger partial charge in [-0.15, -0.1) is 0 Å². The monoisotopic (exact) mass is 751 g/mol. The fraction of sp³-hybridized carbons (Fsp3) is 0.698. The normalized spacial score (nSPS) is 14.7. The summed E-state index contributed by atoms with van der Waals surface area (Å²) in [6, 6.07) is 0. The van der Waals surface area contributed by atoms with Crippen LogP contribution in [-0.4, -0.2) is 75.6 Å². The number of nitrogens with zero attached hydrogens (tertiary/aromatic N) is 1. The molecule has 0 aliphatic carbocycles. The average Bonchev–Trinajstić information content (AvgIpc) is 3.09. The molecular weight excluding hydrogens is 673 g/mol. The molecule has 0 amide bonds. The largest absolute Gasteiger partial charge is 0.472 e. The zero-order valence-corrected chi connectivity index (χ0v) is 34.7. The van der Waals surface area contributed by atoms with E-state index in [0.717, 1.165) is 103 Å². The van der Waals surface area contributed by atoms with Gasteiger partial charge in [-0.25, -0.2) is 4.57 Å². The fourth-order valence-electron chi connectivity index (χ4n) is 4.87. The van der Waals surface area contributed by atoms with Gasteiger partial charge in [0.05, 0.1) is 34.4 Å². The minimum Gasteiger partial charge on any atom is -0.457 e. The Morgan fingerprint density at radius 2 is 1.12 bits per heavy atom. The minimum atomic E-state index is -4.28. The van der Waals surface area contributed by atoms with E-state index in [0.29, 0.717) is 24.1 Å². The van der Waals surface area contributed by atoms with Gasteiger partial charge in [0.2, 0.25) is 0 Å². The molecule has 2 unspecified atom stereocenters. The molecule has 0 saturated carbocycles. The molecule has 0 aromatic rings. The Hall–Kier alpha value is -2.06. The van der Waals surface area contributed by atoms with E-state index >= 15 is 0 Å². The van der Waals surface area contributed by atoms with Crippen LogP contribution < -0.4 is 0 Å². The lowest BCUT2D eigenvalue weighted by Crippen LogP contribution is -2.37. The van der Waals surface area contributed by atoms with Crippen LogP contribution in [0.5, 0.6) is 0 Å². The maximum atomic E-state index is 12.6. The summed E-state index contributed by atoms with van der Waals surface area (Å²) in [5.41, 5.74) is 0. The molecule has 0 aromatic heterocycles. The molecule has 8 nitrogen and oxygen atoms in total. The van der Waals surface area contributed by atoms with Gasteiger partial charge in [0.25, 0.3) is 0 Å². The first-order valence-electron chi connectivity index (χ1n) is 20.2. The van der Waals surface area contributed by atoms with Crippen molar-refractivity contribution in [1.82, 2.24) is 0 Å². The number of carbonyl (C=O) groups excluding carboxylic acids is 1. The van der Waals surface area contributed by atoms with Gasteiger partial charge in [-0.1, -0.05) is 125 Å². The van der Waals surface area contributed by atoms with Gasteiger partial charge in [0.1, 0.15) is 19.3 Å². The summed E-state index contributed by atoms with van der Waals surface area (Å²) in [6.07, 6.45) is 45.1. The van der Waals surface area contributed by atoms with Crippen molar-refractivity contribution in [3.8, 4) is 0 Å². The standard InChI is InChI=1S/C43H76NO7P/c1-6-8-10-12-14-16-18-19-20-21-22-23-24-25-26-27-29-31-33-35-38-48-40-42(41-50-52(46,47)49-39-37-44(3,4)5)51-43(45)36-34-32-30-28-17-15-13-11-9-7-2/h8,10-11,13-14,16,19-20,22-23,25-26,42H,6-7,9,12,15,17-18,21,24,27-41H2,1-5H3/p+1/b10-8-,13-11-,16-14-,20-19-,23-22-,26-25-. The Morgan fingerprint density at radius 3 is 1.69 bits per heavy atom. The van der Waals surface area contributed by atoms with E-state index in [2.05, 4.69) is 86.8 Å². The van der Waals surface area contributed by atoms with Crippen molar-refractivity contribution in [2.45, 2.75) is 142 Å². The molecule has 300 valence electrons. The van der Waals surface area contributed by atoms with Crippen LogP contribution in [0.3, 0.4) is 0 Å². The maximum absolute atomic E-state index is 12.6. The van der Waals surface area contributed by atoms with E-state index in [1.165, 1.54) is 12.8 Å². The van der Waals surface area contributed by atoms with E-state index in [-0.39, 0.29) is 25.8 Å². The highest BCUT2D eigenvalue weighted by Gasteiger charge is 2.26. The van der Waals surface area contributed by atoms with E-state index in [9.17, 15) is 14.3 Å². The van der Waals surface area contributed by atoms with Gasteiger partial charge in [-0.2, -0.15) is 0 Å². The van der Waals surface area contributed by atoms with E-state index < -0.39 is 13.9 Å². The molecule has 0 aromatic carbocycles. The molecule has 0 heterocycles. The highest BCUT2D eigenvalue weighted by atomic mass is 31.2. The van der Waals surface area contributed by atoms with Gasteiger partial charge in [0.15, 0.2) is 0 Å². The first-order chi connectivity index (χ1) is 25.1. The minimum absolute atomic E-state index is 0.0777. The molecule has 9 heteroatoms. The van der Waals surface area contributed by atoms with Crippen molar-refractivity contribution < 1.29 is 37.3 Å². The maximum Gasteiger partial charge on any atom is 0.472 e. The van der Waals surface area contributed by atoms with Gasteiger partial charge < -0.3 is 18.9 Å². The summed E-state index contributed by atoms with van der Waals surface area (Å²) in [5.74, 6) is -0.339. The molecule has 0 spiro atoms. The van der Waals surface area contributed by atoms with Crippen LogP contribution in [0.4, 0.5) is 0 Å². The summed E-state index contributed by atoms with van der Waals surface area (Å²) in [7, 11) is 1.63. The van der Waals surface area contributed by atoms with E-state index in [1.54, 1.807) is 0 Å². The van der Waals surface area contributed by atoms with E-state index in [4.69, 9.17) is 18.5 Å². The van der Waals surface area contributed by atoms with Crippen LogP contribution in [0.2, 0.25) is 0 Å². The van der Waals surface area contributed by atoms with Crippen molar-refractivity contribution in [2.75, 3.05) is 54.1 Å². The topological polar surface area (TPSA) is 91.3 Å². The number of hydrogen-bond acceptors (Lipinski definition) is 6. The van der Waals surface area contributed by atoms with Crippen LogP contribution in [0.15, 0.2) is 72.9 Å². The third kappa shape index (κ3) is 39.2. The smallest absolute Gasteiger partial charge is 0.457 e. The summed E-state index contributed by atoms with van der Waals surface area (Å²) in [5, 5.41) is 0. The second kappa shape index (κ2) is 35.9. The van der Waals surface area contributed by atoms with Crippen LogP contribution in [-0.2, 0) is 27.9 Å². The number of phosphoric acid groups is 1. The number of phosphoric ester groups is 1. The van der Waals surface area contributed by atoms with E-state index in [1.807, 2.05) is 21.1 Å². The quantitative estimate of drug-likeness (QED) is 0.0224. The second-order valence-corrected chi connectivity index (χ2v) is 15.7. The number of carbonyl (C=O) groups is 1. The summed E-state index contributed by atoms with van der Waals surface area (Å²) in [4.78, 5) is 22.8. The lowest BCUT2D eigenvalue weighted by Gasteiger charge is -2.24. The first kappa shape index (κ1) is 49.9. The summed E-state index contributed by atoms with van der Waals surface area (Å²) >= 11 is 0. The average molecular weight is 751 g/mol. The number of ether oxygens (including phenoxy) is 2. The number of rotatable bonds is 36. The lowest BCUT2D eigenvalue weighted by molar-refractivity contribution is -0.870. The molecule has 0 fully saturated rings. The Labute approximate surface area is 319 Å². The number of unbranched alkanes of at least 4 members (excludes halogenated alkanes) is 10. The molecule has 52 heavy (non-hydrogen) atoms. The molecule has 0 aliphatic heterocycles. The molecule has 0 radical (unpaired) electrons. The molecule has 0 saturated heterocycles. The Kier molecular flexibility index (Phi) is 34.5. The van der Waals surface area contributed by atoms with Crippen molar-refractivity contribution in [3.05, 3.63) is 72.9 Å². The third-order valence-corrected chi connectivity index (χ3v) is 8.97. The number of hydrogen-bond donors (Lipinski definition) is 1. The van der Waals surface area contributed by atoms with Gasteiger partial charge >= 0.3 is 13.8 Å².